The number of rotatable bonds is 8. The third-order valence-electron chi connectivity index (χ3n) is 3.80. The fraction of sp³-hybridized carbons (Fsp3) is 0.250. The summed E-state index contributed by atoms with van der Waals surface area (Å²) in [6.07, 6.45) is 1.44. The molecule has 0 bridgehead atoms. The molecule has 0 heterocycles. The minimum atomic E-state index is -1.14. The van der Waals surface area contributed by atoms with Crippen LogP contribution in [0, 0.1) is 0 Å². The van der Waals surface area contributed by atoms with E-state index in [0.717, 1.165) is 0 Å². The zero-order chi connectivity index (χ0) is 20.0. The molecule has 0 radical (unpaired) electrons. The first kappa shape index (κ1) is 20.0. The van der Waals surface area contributed by atoms with Gasteiger partial charge >= 0.3 is 5.97 Å². The van der Waals surface area contributed by atoms with Crippen molar-refractivity contribution in [3.63, 3.8) is 0 Å². The normalized spacial score (nSPS) is 11.0. The molecule has 144 valence electrons. The van der Waals surface area contributed by atoms with Gasteiger partial charge in [-0.3, -0.25) is 0 Å². The molecule has 27 heavy (non-hydrogen) atoms. The smallest absolute Gasteiger partial charge is 0.336 e. The summed E-state index contributed by atoms with van der Waals surface area (Å²) in [5.41, 5.74) is 0.866. The number of aliphatic carboxylic acids is 1. The van der Waals surface area contributed by atoms with Crippen molar-refractivity contribution < 1.29 is 34.0 Å². The highest BCUT2D eigenvalue weighted by atomic mass is 16.5. The molecule has 0 saturated heterocycles. The molecule has 2 N–H and O–H groups in total. The second-order valence-corrected chi connectivity index (χ2v) is 5.44. The lowest BCUT2D eigenvalue weighted by molar-refractivity contribution is -0.130. The molecule has 0 atom stereocenters. The Balaban J connectivity index is 2.56. The molecule has 0 amide bonds. The molecule has 7 heteroatoms. The van der Waals surface area contributed by atoms with Gasteiger partial charge in [0.2, 0.25) is 5.75 Å². The lowest BCUT2D eigenvalue weighted by Crippen LogP contribution is -2.02. The van der Waals surface area contributed by atoms with Gasteiger partial charge in [0, 0.05) is 0 Å². The SMILES string of the molecule is CCOc1ccc(C=C(C(=O)O)c2cc(OC)c(OC)c(OC)c2)cc1O. The molecule has 0 spiro atoms. The summed E-state index contributed by atoms with van der Waals surface area (Å²) >= 11 is 0. The van der Waals surface area contributed by atoms with Crippen LogP contribution in [0.15, 0.2) is 30.3 Å². The number of aromatic hydroxyl groups is 1. The van der Waals surface area contributed by atoms with E-state index in [-0.39, 0.29) is 11.3 Å². The van der Waals surface area contributed by atoms with Crippen molar-refractivity contribution >= 4 is 17.6 Å². The van der Waals surface area contributed by atoms with Gasteiger partial charge in [-0.25, -0.2) is 4.79 Å². The maximum atomic E-state index is 11.8. The molecule has 0 unspecified atom stereocenters. The minimum Gasteiger partial charge on any atom is -0.504 e. The summed E-state index contributed by atoms with van der Waals surface area (Å²) < 4.78 is 21.1. The number of hydrogen-bond acceptors (Lipinski definition) is 6. The highest BCUT2D eigenvalue weighted by molar-refractivity contribution is 6.20. The molecule has 0 aliphatic rings. The summed E-state index contributed by atoms with van der Waals surface area (Å²) in [4.78, 5) is 11.8. The van der Waals surface area contributed by atoms with Gasteiger partial charge in [-0.1, -0.05) is 6.07 Å². The molecule has 0 fully saturated rings. The van der Waals surface area contributed by atoms with E-state index >= 15 is 0 Å². The van der Waals surface area contributed by atoms with Gasteiger partial charge in [-0.05, 0) is 48.4 Å². The Morgan fingerprint density at radius 3 is 2.07 bits per heavy atom. The Morgan fingerprint density at radius 2 is 1.63 bits per heavy atom. The van der Waals surface area contributed by atoms with Gasteiger partial charge in [0.25, 0.3) is 0 Å². The van der Waals surface area contributed by atoms with Crippen LogP contribution in [0.1, 0.15) is 18.1 Å². The molecule has 2 aromatic carbocycles. The number of phenolic OH excluding ortho intramolecular Hbond substituents is 1. The fourth-order valence-corrected chi connectivity index (χ4v) is 2.57. The molecule has 2 rings (SSSR count). The zero-order valence-electron chi connectivity index (χ0n) is 15.6. The van der Waals surface area contributed by atoms with Crippen LogP contribution in [0.4, 0.5) is 0 Å². The highest BCUT2D eigenvalue weighted by Crippen LogP contribution is 2.40. The number of benzene rings is 2. The van der Waals surface area contributed by atoms with E-state index in [2.05, 4.69) is 0 Å². The minimum absolute atomic E-state index is 0.00203. The summed E-state index contributed by atoms with van der Waals surface area (Å²) in [5, 5.41) is 19.7. The van der Waals surface area contributed by atoms with E-state index in [1.807, 2.05) is 0 Å². The van der Waals surface area contributed by atoms with Crippen molar-refractivity contribution in [3.8, 4) is 28.7 Å². The lowest BCUT2D eigenvalue weighted by Gasteiger charge is -2.14. The van der Waals surface area contributed by atoms with Crippen molar-refractivity contribution in [1.29, 1.82) is 0 Å². The van der Waals surface area contributed by atoms with Crippen LogP contribution >= 0.6 is 0 Å². The Morgan fingerprint density at radius 1 is 1.00 bits per heavy atom. The van der Waals surface area contributed by atoms with E-state index in [4.69, 9.17) is 18.9 Å². The first-order valence-electron chi connectivity index (χ1n) is 8.16. The van der Waals surface area contributed by atoms with E-state index in [1.165, 1.54) is 33.5 Å². The first-order chi connectivity index (χ1) is 12.9. The number of carbonyl (C=O) groups is 1. The van der Waals surface area contributed by atoms with Gasteiger partial charge in [0.05, 0.1) is 33.5 Å². The third-order valence-corrected chi connectivity index (χ3v) is 3.80. The van der Waals surface area contributed by atoms with Crippen LogP contribution in [0.5, 0.6) is 28.7 Å². The van der Waals surface area contributed by atoms with E-state index in [9.17, 15) is 15.0 Å². The van der Waals surface area contributed by atoms with Crippen LogP contribution in [0.25, 0.3) is 11.6 Å². The molecule has 2 aromatic rings. The van der Waals surface area contributed by atoms with E-state index in [0.29, 0.717) is 40.7 Å². The Bertz CT molecular complexity index is 830. The largest absolute Gasteiger partial charge is 0.504 e. The quantitative estimate of drug-likeness (QED) is 0.540. The number of carboxylic acid groups (broad SMARTS) is 1. The standard InChI is InChI=1S/C20H22O7/c1-5-27-16-7-6-12(9-15(16)21)8-14(20(22)23)13-10-17(24-2)19(26-4)18(11-13)25-3/h6-11,21H,5H2,1-4H3,(H,22,23). The summed E-state index contributed by atoms with van der Waals surface area (Å²) in [5.74, 6) is 0.173. The van der Waals surface area contributed by atoms with Gasteiger partial charge in [-0.15, -0.1) is 0 Å². The summed E-state index contributed by atoms with van der Waals surface area (Å²) in [7, 11) is 4.38. The van der Waals surface area contributed by atoms with Crippen molar-refractivity contribution in [2.75, 3.05) is 27.9 Å². The lowest BCUT2D eigenvalue weighted by atomic mass is 10.0. The summed E-state index contributed by atoms with van der Waals surface area (Å²) in [6, 6.07) is 7.78. The van der Waals surface area contributed by atoms with Crippen molar-refractivity contribution in [3.05, 3.63) is 41.5 Å². The Hall–Kier alpha value is -3.35. The van der Waals surface area contributed by atoms with Crippen LogP contribution < -0.4 is 18.9 Å². The Kier molecular flexibility index (Phi) is 6.54. The van der Waals surface area contributed by atoms with Crippen LogP contribution in [0.3, 0.4) is 0 Å². The second kappa shape index (κ2) is 8.84. The maximum Gasteiger partial charge on any atom is 0.336 e. The average molecular weight is 374 g/mol. The molecular formula is C20H22O7. The predicted molar refractivity (Wildman–Crippen MR) is 101 cm³/mol. The maximum absolute atomic E-state index is 11.8. The monoisotopic (exact) mass is 374 g/mol. The van der Waals surface area contributed by atoms with Crippen LogP contribution in [-0.2, 0) is 4.79 Å². The fourth-order valence-electron chi connectivity index (χ4n) is 2.57. The second-order valence-electron chi connectivity index (χ2n) is 5.44. The van der Waals surface area contributed by atoms with Crippen LogP contribution in [-0.4, -0.2) is 44.1 Å². The number of ether oxygens (including phenoxy) is 4. The van der Waals surface area contributed by atoms with Gasteiger partial charge < -0.3 is 29.2 Å². The summed E-state index contributed by atoms with van der Waals surface area (Å²) in [6.45, 7) is 2.22. The molecule has 7 nitrogen and oxygen atoms in total. The molecular weight excluding hydrogens is 352 g/mol. The number of hydrogen-bond donors (Lipinski definition) is 2. The highest BCUT2D eigenvalue weighted by Gasteiger charge is 2.19. The average Bonchev–Trinajstić information content (AvgIpc) is 2.66. The molecule has 0 aliphatic heterocycles. The Labute approximate surface area is 157 Å². The number of carboxylic acids is 1. The van der Waals surface area contributed by atoms with Gasteiger partial charge in [0.1, 0.15) is 0 Å². The van der Waals surface area contributed by atoms with Gasteiger partial charge in [0.15, 0.2) is 23.0 Å². The van der Waals surface area contributed by atoms with Crippen LogP contribution in [0.2, 0.25) is 0 Å². The predicted octanol–water partition coefficient (Wildman–Crippen LogP) is 3.44. The molecule has 0 saturated carbocycles. The van der Waals surface area contributed by atoms with Gasteiger partial charge in [-0.2, -0.15) is 0 Å². The van der Waals surface area contributed by atoms with Crippen molar-refractivity contribution in [2.45, 2.75) is 6.92 Å². The zero-order valence-corrected chi connectivity index (χ0v) is 15.6. The van der Waals surface area contributed by atoms with Crippen molar-refractivity contribution in [1.82, 2.24) is 0 Å². The number of methoxy groups -OCH3 is 3. The van der Waals surface area contributed by atoms with E-state index < -0.39 is 5.97 Å². The molecule has 0 aliphatic carbocycles. The van der Waals surface area contributed by atoms with Crippen molar-refractivity contribution in [2.24, 2.45) is 0 Å². The number of phenols is 1. The van der Waals surface area contributed by atoms with E-state index in [1.54, 1.807) is 31.2 Å². The first-order valence-corrected chi connectivity index (χ1v) is 8.16. The molecule has 0 aromatic heterocycles. The third kappa shape index (κ3) is 4.44. The topological polar surface area (TPSA) is 94.5 Å².